The molecule has 0 N–H and O–H groups in total. The molecule has 4 heterocycles. The molecule has 1 amide bonds. The highest BCUT2D eigenvalue weighted by Gasteiger charge is 2.38. The molecule has 6 heteroatoms. The molecule has 1 unspecified atom stereocenters. The molecule has 5 rings (SSSR count). The zero-order valence-electron chi connectivity index (χ0n) is 17.2. The van der Waals surface area contributed by atoms with E-state index in [1.54, 1.807) is 0 Å². The number of carbonyl (C=O) groups is 1. The van der Waals surface area contributed by atoms with Gasteiger partial charge in [-0.3, -0.25) is 4.79 Å². The third kappa shape index (κ3) is 3.59. The molecular formula is C23H30N4O2. The fourth-order valence-corrected chi connectivity index (χ4v) is 5.22. The lowest BCUT2D eigenvalue weighted by atomic mass is 9.86. The van der Waals surface area contributed by atoms with Gasteiger partial charge < -0.3 is 14.2 Å². The molecule has 3 atom stereocenters. The Hall–Kier alpha value is -2.21. The lowest BCUT2D eigenvalue weighted by molar-refractivity contribution is -0.146. The molecule has 2 saturated heterocycles. The first-order chi connectivity index (χ1) is 14.2. The van der Waals surface area contributed by atoms with E-state index < -0.39 is 0 Å². The van der Waals surface area contributed by atoms with Gasteiger partial charge in [-0.2, -0.15) is 0 Å². The predicted octanol–water partition coefficient (Wildman–Crippen LogP) is 3.41. The molecule has 2 aromatic rings. The second-order valence-electron chi connectivity index (χ2n) is 8.80. The van der Waals surface area contributed by atoms with E-state index in [1.807, 2.05) is 0 Å². The maximum atomic E-state index is 13.6. The topological polar surface area (TPSA) is 60.2 Å². The lowest BCUT2D eigenvalue weighted by Gasteiger charge is -2.38. The predicted molar refractivity (Wildman–Crippen MR) is 109 cm³/mol. The molecular weight excluding hydrogens is 364 g/mol. The van der Waals surface area contributed by atoms with Crippen LogP contribution in [0.5, 0.6) is 0 Å². The quantitative estimate of drug-likeness (QED) is 0.800. The SMILES string of the molecule is Cc1ccc([C@H]2OCCC[C@@H]2C(=O)N2CCCC(c3nnc4n3CCC4)C2)cc1. The highest BCUT2D eigenvalue weighted by Crippen LogP contribution is 2.37. The summed E-state index contributed by atoms with van der Waals surface area (Å²) in [7, 11) is 0. The van der Waals surface area contributed by atoms with Gasteiger partial charge in [0, 0.05) is 38.6 Å². The Morgan fingerprint density at radius 1 is 1.07 bits per heavy atom. The number of nitrogens with zero attached hydrogens (tertiary/aromatic N) is 4. The van der Waals surface area contributed by atoms with Crippen LogP contribution in [0.2, 0.25) is 0 Å². The molecule has 0 radical (unpaired) electrons. The van der Waals surface area contributed by atoms with Gasteiger partial charge in [0.1, 0.15) is 11.6 Å². The maximum Gasteiger partial charge on any atom is 0.228 e. The minimum atomic E-state index is -0.130. The number of likely N-dealkylation sites (tertiary alicyclic amines) is 1. The first-order valence-corrected chi connectivity index (χ1v) is 11.1. The number of fused-ring (bicyclic) bond motifs is 1. The molecule has 29 heavy (non-hydrogen) atoms. The van der Waals surface area contributed by atoms with Crippen molar-refractivity contribution >= 4 is 5.91 Å². The van der Waals surface area contributed by atoms with Crippen molar-refractivity contribution in [3.05, 3.63) is 47.0 Å². The number of aromatic nitrogens is 3. The highest BCUT2D eigenvalue weighted by molar-refractivity contribution is 5.80. The normalized spacial score (nSPS) is 27.1. The molecule has 3 aliphatic rings. The summed E-state index contributed by atoms with van der Waals surface area (Å²) in [6.45, 7) is 5.44. The Balaban J connectivity index is 1.33. The monoisotopic (exact) mass is 394 g/mol. The molecule has 0 saturated carbocycles. The van der Waals surface area contributed by atoms with E-state index in [-0.39, 0.29) is 17.9 Å². The standard InChI is InChI=1S/C23H30N4O2/c1-16-8-10-17(11-9-16)21-19(6-4-14-29-21)23(28)26-12-2-5-18(15-26)22-25-24-20-7-3-13-27(20)22/h8-11,18-19,21H,2-7,12-15H2,1H3/t18?,19-,21+/m0/s1. The smallest absolute Gasteiger partial charge is 0.228 e. The zero-order valence-corrected chi connectivity index (χ0v) is 17.2. The summed E-state index contributed by atoms with van der Waals surface area (Å²) in [4.78, 5) is 15.6. The second-order valence-corrected chi connectivity index (χ2v) is 8.80. The van der Waals surface area contributed by atoms with E-state index in [0.29, 0.717) is 5.92 Å². The van der Waals surface area contributed by atoms with Crippen molar-refractivity contribution in [1.29, 1.82) is 0 Å². The van der Waals surface area contributed by atoms with Gasteiger partial charge in [0.05, 0.1) is 12.0 Å². The van der Waals surface area contributed by atoms with Crippen LogP contribution in [0.1, 0.15) is 66.9 Å². The molecule has 6 nitrogen and oxygen atoms in total. The van der Waals surface area contributed by atoms with Crippen molar-refractivity contribution in [1.82, 2.24) is 19.7 Å². The van der Waals surface area contributed by atoms with Crippen LogP contribution in [-0.2, 0) is 22.5 Å². The number of piperidine rings is 1. The molecule has 3 aliphatic heterocycles. The number of rotatable bonds is 3. The van der Waals surface area contributed by atoms with E-state index in [2.05, 4.69) is 50.9 Å². The van der Waals surface area contributed by atoms with Gasteiger partial charge >= 0.3 is 0 Å². The maximum absolute atomic E-state index is 13.6. The third-order valence-corrected chi connectivity index (χ3v) is 6.78. The van der Waals surface area contributed by atoms with Crippen LogP contribution < -0.4 is 0 Å². The van der Waals surface area contributed by atoms with Crippen LogP contribution in [0, 0.1) is 12.8 Å². The summed E-state index contributed by atoms with van der Waals surface area (Å²) in [5, 5.41) is 8.87. The number of hydrogen-bond acceptors (Lipinski definition) is 4. The number of benzene rings is 1. The molecule has 1 aromatic heterocycles. The average Bonchev–Trinajstić information content (AvgIpc) is 3.38. The molecule has 0 bridgehead atoms. The molecule has 0 spiro atoms. The largest absolute Gasteiger partial charge is 0.373 e. The summed E-state index contributed by atoms with van der Waals surface area (Å²) in [5.74, 6) is 2.67. The van der Waals surface area contributed by atoms with E-state index in [1.165, 1.54) is 5.56 Å². The average molecular weight is 395 g/mol. The fraction of sp³-hybridized carbons (Fsp3) is 0.609. The zero-order chi connectivity index (χ0) is 19.8. The van der Waals surface area contributed by atoms with Gasteiger partial charge in [0.25, 0.3) is 0 Å². The summed E-state index contributed by atoms with van der Waals surface area (Å²) in [6, 6.07) is 8.45. The van der Waals surface area contributed by atoms with E-state index in [4.69, 9.17) is 4.74 Å². The van der Waals surface area contributed by atoms with Crippen LogP contribution in [-0.4, -0.2) is 45.3 Å². The third-order valence-electron chi connectivity index (χ3n) is 6.78. The summed E-state index contributed by atoms with van der Waals surface area (Å²) in [5.41, 5.74) is 2.35. The van der Waals surface area contributed by atoms with E-state index in [0.717, 1.165) is 82.0 Å². The first-order valence-electron chi connectivity index (χ1n) is 11.1. The minimum Gasteiger partial charge on any atom is -0.373 e. The van der Waals surface area contributed by atoms with Gasteiger partial charge in [-0.05, 0) is 44.6 Å². The second kappa shape index (κ2) is 7.90. The summed E-state index contributed by atoms with van der Waals surface area (Å²) < 4.78 is 8.40. The van der Waals surface area contributed by atoms with Crippen molar-refractivity contribution in [2.24, 2.45) is 5.92 Å². The van der Waals surface area contributed by atoms with Gasteiger partial charge in [-0.1, -0.05) is 29.8 Å². The lowest BCUT2D eigenvalue weighted by Crippen LogP contribution is -2.45. The van der Waals surface area contributed by atoms with Crippen LogP contribution >= 0.6 is 0 Å². The van der Waals surface area contributed by atoms with Crippen LogP contribution in [0.15, 0.2) is 24.3 Å². The van der Waals surface area contributed by atoms with Gasteiger partial charge in [-0.25, -0.2) is 0 Å². The minimum absolute atomic E-state index is 0.0886. The number of aryl methyl sites for hydroxylation is 2. The number of hydrogen-bond donors (Lipinski definition) is 0. The molecule has 0 aliphatic carbocycles. The number of ether oxygens (including phenoxy) is 1. The first kappa shape index (κ1) is 18.8. The summed E-state index contributed by atoms with van der Waals surface area (Å²) >= 11 is 0. The van der Waals surface area contributed by atoms with Gasteiger partial charge in [-0.15, -0.1) is 10.2 Å². The van der Waals surface area contributed by atoms with E-state index >= 15 is 0 Å². The Kier molecular flexibility index (Phi) is 5.12. The molecule has 2 fully saturated rings. The Bertz CT molecular complexity index is 876. The van der Waals surface area contributed by atoms with Crippen molar-refractivity contribution in [3.63, 3.8) is 0 Å². The summed E-state index contributed by atoms with van der Waals surface area (Å²) in [6.07, 6.45) is 6.03. The number of carbonyl (C=O) groups excluding carboxylic acids is 1. The van der Waals surface area contributed by atoms with Gasteiger partial charge in [0.2, 0.25) is 5.91 Å². The van der Waals surface area contributed by atoms with Crippen molar-refractivity contribution in [2.75, 3.05) is 19.7 Å². The fourth-order valence-electron chi connectivity index (χ4n) is 5.22. The number of amides is 1. The molecule has 154 valence electrons. The van der Waals surface area contributed by atoms with Crippen LogP contribution in [0.25, 0.3) is 0 Å². The Morgan fingerprint density at radius 2 is 1.93 bits per heavy atom. The van der Waals surface area contributed by atoms with Gasteiger partial charge in [0.15, 0.2) is 0 Å². The van der Waals surface area contributed by atoms with Crippen molar-refractivity contribution in [2.45, 2.75) is 64.0 Å². The van der Waals surface area contributed by atoms with Crippen LogP contribution in [0.4, 0.5) is 0 Å². The van der Waals surface area contributed by atoms with Crippen LogP contribution in [0.3, 0.4) is 0 Å². The Labute approximate surface area is 172 Å². The van der Waals surface area contributed by atoms with Crippen molar-refractivity contribution < 1.29 is 9.53 Å². The van der Waals surface area contributed by atoms with Crippen molar-refractivity contribution in [3.8, 4) is 0 Å². The Morgan fingerprint density at radius 3 is 2.79 bits per heavy atom. The van der Waals surface area contributed by atoms with E-state index in [9.17, 15) is 4.79 Å². The molecule has 1 aromatic carbocycles. The highest BCUT2D eigenvalue weighted by atomic mass is 16.5.